The van der Waals surface area contributed by atoms with E-state index in [4.69, 9.17) is 4.74 Å². The van der Waals surface area contributed by atoms with Crippen molar-refractivity contribution in [1.29, 1.82) is 0 Å². The van der Waals surface area contributed by atoms with Gasteiger partial charge in [-0.25, -0.2) is 4.79 Å². The van der Waals surface area contributed by atoms with E-state index in [0.717, 1.165) is 22.4 Å². The highest BCUT2D eigenvalue weighted by molar-refractivity contribution is 7.07. The van der Waals surface area contributed by atoms with E-state index in [0.29, 0.717) is 6.54 Å². The molecule has 1 aromatic heterocycles. The van der Waals surface area contributed by atoms with Gasteiger partial charge in [0.05, 0.1) is 13.2 Å². The van der Waals surface area contributed by atoms with Crippen LogP contribution in [0, 0.1) is 6.92 Å². The number of carbonyl (C=O) groups is 1. The van der Waals surface area contributed by atoms with Crippen LogP contribution in [0.2, 0.25) is 0 Å². The number of aliphatic hydroxyl groups excluding tert-OH is 1. The summed E-state index contributed by atoms with van der Waals surface area (Å²) < 4.78 is 5.30. The van der Waals surface area contributed by atoms with Crippen LogP contribution in [0.3, 0.4) is 0 Å². The fourth-order valence-electron chi connectivity index (χ4n) is 2.01. The molecule has 2 rings (SSSR count). The zero-order chi connectivity index (χ0) is 15.9. The Morgan fingerprint density at radius 3 is 2.86 bits per heavy atom. The summed E-state index contributed by atoms with van der Waals surface area (Å²) in [5, 5.41) is 19.1. The Labute approximate surface area is 133 Å². The number of rotatable bonds is 6. The lowest BCUT2D eigenvalue weighted by Crippen LogP contribution is -2.37. The van der Waals surface area contributed by atoms with E-state index in [9.17, 15) is 9.90 Å². The third-order valence-corrected chi connectivity index (χ3v) is 3.97. The van der Waals surface area contributed by atoms with Crippen LogP contribution >= 0.6 is 11.3 Å². The van der Waals surface area contributed by atoms with Gasteiger partial charge in [0, 0.05) is 18.7 Å². The number of methoxy groups -OCH3 is 1. The van der Waals surface area contributed by atoms with Crippen molar-refractivity contribution in [1.82, 2.24) is 10.6 Å². The van der Waals surface area contributed by atoms with E-state index in [1.807, 2.05) is 41.9 Å². The van der Waals surface area contributed by atoms with Crippen molar-refractivity contribution in [3.63, 3.8) is 0 Å². The third-order valence-electron chi connectivity index (χ3n) is 3.27. The van der Waals surface area contributed by atoms with Gasteiger partial charge in [0.15, 0.2) is 0 Å². The molecule has 1 atom stereocenters. The molecule has 0 radical (unpaired) electrons. The van der Waals surface area contributed by atoms with E-state index in [1.54, 1.807) is 7.11 Å². The number of carbonyl (C=O) groups excluding carboxylic acids is 1. The maximum absolute atomic E-state index is 11.8. The summed E-state index contributed by atoms with van der Waals surface area (Å²) in [6.07, 6.45) is -0.689. The lowest BCUT2D eigenvalue weighted by atomic mass is 10.1. The summed E-state index contributed by atoms with van der Waals surface area (Å²) in [5.74, 6) is 0.749. The maximum atomic E-state index is 11.8. The zero-order valence-electron chi connectivity index (χ0n) is 12.6. The first-order valence-corrected chi connectivity index (χ1v) is 7.90. The molecule has 0 bridgehead atoms. The highest BCUT2D eigenvalue weighted by Gasteiger charge is 2.10. The van der Waals surface area contributed by atoms with Gasteiger partial charge in [0.25, 0.3) is 0 Å². The molecule has 0 aliphatic rings. The number of thiophene rings is 1. The Bertz CT molecular complexity index is 614. The minimum absolute atomic E-state index is 0.174. The molecule has 5 nitrogen and oxygen atoms in total. The number of hydrogen-bond acceptors (Lipinski definition) is 4. The van der Waals surface area contributed by atoms with E-state index in [2.05, 4.69) is 10.6 Å². The van der Waals surface area contributed by atoms with Crippen molar-refractivity contribution in [2.45, 2.75) is 19.6 Å². The molecule has 3 N–H and O–H groups in total. The predicted octanol–water partition coefficient (Wildman–Crippen LogP) is 2.60. The highest BCUT2D eigenvalue weighted by Crippen LogP contribution is 2.19. The van der Waals surface area contributed by atoms with Gasteiger partial charge < -0.3 is 20.5 Å². The Morgan fingerprint density at radius 1 is 1.36 bits per heavy atom. The maximum Gasteiger partial charge on any atom is 0.315 e. The molecule has 6 heteroatoms. The number of aliphatic hydroxyl groups is 1. The van der Waals surface area contributed by atoms with Gasteiger partial charge in [-0.1, -0.05) is 12.1 Å². The third kappa shape index (κ3) is 4.47. The fraction of sp³-hybridized carbons (Fsp3) is 0.312. The van der Waals surface area contributed by atoms with Crippen molar-refractivity contribution < 1.29 is 14.6 Å². The topological polar surface area (TPSA) is 70.6 Å². The monoisotopic (exact) mass is 320 g/mol. The summed E-state index contributed by atoms with van der Waals surface area (Å²) >= 11 is 1.51. The normalized spacial score (nSPS) is 11.8. The van der Waals surface area contributed by atoms with Crippen LogP contribution in [-0.4, -0.2) is 24.8 Å². The molecule has 0 aliphatic carbocycles. The van der Waals surface area contributed by atoms with E-state index in [-0.39, 0.29) is 12.6 Å². The second-order valence-electron chi connectivity index (χ2n) is 4.95. The van der Waals surface area contributed by atoms with Gasteiger partial charge in [-0.3, -0.25) is 0 Å². The highest BCUT2D eigenvalue weighted by atomic mass is 32.1. The standard InChI is InChI=1S/C16H20N2O3S/c1-11-3-4-12(15(7-11)21-2)8-17-16(20)18-9-14(19)13-5-6-22-10-13/h3-7,10,14,19H,8-9H2,1-2H3,(H2,17,18,20). The summed E-state index contributed by atoms with van der Waals surface area (Å²) in [4.78, 5) is 11.8. The van der Waals surface area contributed by atoms with E-state index in [1.165, 1.54) is 11.3 Å². The Hall–Kier alpha value is -2.05. The molecular formula is C16H20N2O3S. The van der Waals surface area contributed by atoms with Gasteiger partial charge in [0.2, 0.25) is 0 Å². The molecule has 0 fully saturated rings. The van der Waals surface area contributed by atoms with Gasteiger partial charge in [-0.15, -0.1) is 0 Å². The Morgan fingerprint density at radius 2 is 2.18 bits per heavy atom. The number of benzene rings is 1. The first-order chi connectivity index (χ1) is 10.6. The second kappa shape index (κ2) is 7.82. The number of urea groups is 1. The van der Waals surface area contributed by atoms with Crippen molar-refractivity contribution in [3.05, 3.63) is 51.7 Å². The van der Waals surface area contributed by atoms with Gasteiger partial charge >= 0.3 is 6.03 Å². The molecule has 2 aromatic rings. The predicted molar refractivity (Wildman–Crippen MR) is 87.2 cm³/mol. The SMILES string of the molecule is COc1cc(C)ccc1CNC(=O)NCC(O)c1ccsc1. The van der Waals surface area contributed by atoms with Crippen molar-refractivity contribution >= 4 is 17.4 Å². The second-order valence-corrected chi connectivity index (χ2v) is 5.73. The van der Waals surface area contributed by atoms with Gasteiger partial charge in [-0.05, 0) is 40.9 Å². The minimum atomic E-state index is -0.689. The molecule has 0 spiro atoms. The molecule has 0 aliphatic heterocycles. The van der Waals surface area contributed by atoms with E-state index < -0.39 is 6.10 Å². The quantitative estimate of drug-likeness (QED) is 0.766. The number of amides is 2. The van der Waals surface area contributed by atoms with Crippen LogP contribution in [0.5, 0.6) is 5.75 Å². The van der Waals surface area contributed by atoms with Crippen LogP contribution < -0.4 is 15.4 Å². The van der Waals surface area contributed by atoms with Crippen LogP contribution in [-0.2, 0) is 6.54 Å². The largest absolute Gasteiger partial charge is 0.496 e. The van der Waals surface area contributed by atoms with Crippen LogP contribution in [0.4, 0.5) is 4.79 Å². The van der Waals surface area contributed by atoms with Gasteiger partial charge in [0.1, 0.15) is 5.75 Å². The molecule has 22 heavy (non-hydrogen) atoms. The molecule has 1 unspecified atom stereocenters. The first-order valence-electron chi connectivity index (χ1n) is 6.95. The summed E-state index contributed by atoms with van der Waals surface area (Å²) in [5.41, 5.74) is 2.82. The lowest BCUT2D eigenvalue weighted by molar-refractivity contribution is 0.173. The zero-order valence-corrected chi connectivity index (χ0v) is 13.4. The van der Waals surface area contributed by atoms with Crippen LogP contribution in [0.1, 0.15) is 22.8 Å². The number of aryl methyl sites for hydroxylation is 1. The molecule has 2 amide bonds. The van der Waals surface area contributed by atoms with Crippen LogP contribution in [0.15, 0.2) is 35.0 Å². The van der Waals surface area contributed by atoms with Crippen LogP contribution in [0.25, 0.3) is 0 Å². The molecule has 0 saturated carbocycles. The lowest BCUT2D eigenvalue weighted by Gasteiger charge is -2.13. The molecular weight excluding hydrogens is 300 g/mol. The number of nitrogens with one attached hydrogen (secondary N) is 2. The molecule has 1 heterocycles. The fourth-order valence-corrected chi connectivity index (χ4v) is 2.71. The summed E-state index contributed by atoms with van der Waals surface area (Å²) in [7, 11) is 1.61. The smallest absolute Gasteiger partial charge is 0.315 e. The summed E-state index contributed by atoms with van der Waals surface area (Å²) in [6, 6.07) is 7.34. The average molecular weight is 320 g/mol. The van der Waals surface area contributed by atoms with E-state index >= 15 is 0 Å². The molecule has 118 valence electrons. The average Bonchev–Trinajstić information content (AvgIpc) is 3.05. The van der Waals surface area contributed by atoms with Gasteiger partial charge in [-0.2, -0.15) is 11.3 Å². The minimum Gasteiger partial charge on any atom is -0.496 e. The van der Waals surface area contributed by atoms with Crippen molar-refractivity contribution in [2.75, 3.05) is 13.7 Å². The number of ether oxygens (including phenoxy) is 1. The molecule has 0 saturated heterocycles. The first kappa shape index (κ1) is 16.3. The number of hydrogen-bond donors (Lipinski definition) is 3. The van der Waals surface area contributed by atoms with Crippen molar-refractivity contribution in [3.8, 4) is 5.75 Å². The summed E-state index contributed by atoms with van der Waals surface area (Å²) in [6.45, 7) is 2.52. The Balaban J connectivity index is 1.80. The Kier molecular flexibility index (Phi) is 5.80. The molecule has 1 aromatic carbocycles. The van der Waals surface area contributed by atoms with Crippen molar-refractivity contribution in [2.24, 2.45) is 0 Å².